The number of aliphatic hydroxyl groups excluding tert-OH is 1. The summed E-state index contributed by atoms with van der Waals surface area (Å²) in [5.41, 5.74) is 3.67. The lowest BCUT2D eigenvalue weighted by atomic mass is 10.0. The number of nitrogens with one attached hydrogen (secondary N) is 2. The third-order valence-electron chi connectivity index (χ3n) is 5.60. The van der Waals surface area contributed by atoms with Crippen molar-refractivity contribution in [1.29, 1.82) is 0 Å². The van der Waals surface area contributed by atoms with Gasteiger partial charge in [-0.05, 0) is 47.9 Å². The smallest absolute Gasteiger partial charge is 0.255 e. The van der Waals surface area contributed by atoms with E-state index in [1.807, 2.05) is 47.4 Å². The van der Waals surface area contributed by atoms with Crippen LogP contribution < -0.4 is 15.4 Å². The van der Waals surface area contributed by atoms with Crippen LogP contribution in [-0.4, -0.2) is 54.7 Å². The van der Waals surface area contributed by atoms with E-state index in [4.69, 9.17) is 4.74 Å². The van der Waals surface area contributed by atoms with Crippen LogP contribution in [0.3, 0.4) is 0 Å². The van der Waals surface area contributed by atoms with Crippen molar-refractivity contribution in [1.82, 2.24) is 4.90 Å². The second-order valence-electron chi connectivity index (χ2n) is 8.04. The Morgan fingerprint density at radius 1 is 1.00 bits per heavy atom. The zero-order valence-electron chi connectivity index (χ0n) is 18.5. The van der Waals surface area contributed by atoms with Gasteiger partial charge in [0.2, 0.25) is 5.91 Å². The molecule has 3 N–H and O–H groups in total. The van der Waals surface area contributed by atoms with Crippen LogP contribution in [0.25, 0.3) is 11.1 Å². The predicted molar refractivity (Wildman–Crippen MR) is 129 cm³/mol. The Hall–Kier alpha value is -3.68. The molecule has 1 heterocycles. The first kappa shape index (κ1) is 22.5. The van der Waals surface area contributed by atoms with Gasteiger partial charge in [-0.1, -0.05) is 42.5 Å². The molecule has 3 aromatic rings. The van der Waals surface area contributed by atoms with Gasteiger partial charge in [0, 0.05) is 24.3 Å². The van der Waals surface area contributed by atoms with Crippen LogP contribution in [0, 0.1) is 0 Å². The molecule has 33 heavy (non-hydrogen) atoms. The first-order valence-electron chi connectivity index (χ1n) is 10.9. The maximum absolute atomic E-state index is 12.8. The lowest BCUT2D eigenvalue weighted by Crippen LogP contribution is -2.32. The molecule has 170 valence electrons. The number of hydrogen-bond acceptors (Lipinski definition) is 5. The average molecular weight is 446 g/mol. The van der Waals surface area contributed by atoms with Crippen LogP contribution in [0.5, 0.6) is 5.75 Å². The number of carbonyl (C=O) groups is 2. The molecular formula is C26H27N3O4. The molecule has 0 bridgehead atoms. The van der Waals surface area contributed by atoms with Crippen LogP contribution in [0.1, 0.15) is 16.8 Å². The number of anilines is 2. The summed E-state index contributed by atoms with van der Waals surface area (Å²) in [6, 6.07) is 22.5. The fraction of sp³-hybridized carbons (Fsp3) is 0.231. The Labute approximate surface area is 193 Å². The monoisotopic (exact) mass is 445 g/mol. The van der Waals surface area contributed by atoms with Crippen LogP contribution in [0.4, 0.5) is 11.4 Å². The van der Waals surface area contributed by atoms with Gasteiger partial charge in [-0.25, -0.2) is 0 Å². The van der Waals surface area contributed by atoms with Crippen molar-refractivity contribution in [3.63, 3.8) is 0 Å². The number of aliphatic hydroxyl groups is 1. The van der Waals surface area contributed by atoms with E-state index in [0.717, 1.165) is 11.1 Å². The molecular weight excluding hydrogens is 418 g/mol. The molecule has 0 unspecified atom stereocenters. The van der Waals surface area contributed by atoms with E-state index in [0.29, 0.717) is 42.2 Å². The van der Waals surface area contributed by atoms with Crippen LogP contribution in [0.2, 0.25) is 0 Å². The van der Waals surface area contributed by atoms with Crippen molar-refractivity contribution in [3.05, 3.63) is 78.4 Å². The highest BCUT2D eigenvalue weighted by molar-refractivity contribution is 6.05. The van der Waals surface area contributed by atoms with E-state index in [9.17, 15) is 14.7 Å². The zero-order chi connectivity index (χ0) is 23.2. The van der Waals surface area contributed by atoms with Crippen molar-refractivity contribution >= 4 is 23.2 Å². The first-order chi connectivity index (χ1) is 16.0. The maximum atomic E-state index is 12.8. The normalized spacial score (nSPS) is 15.8. The largest absolute Gasteiger partial charge is 0.495 e. The Morgan fingerprint density at radius 3 is 2.39 bits per heavy atom. The Bertz CT molecular complexity index is 1120. The molecule has 0 saturated carbocycles. The molecule has 7 heteroatoms. The second kappa shape index (κ2) is 10.3. The molecule has 0 spiro atoms. The number of ether oxygens (including phenoxy) is 1. The van der Waals surface area contributed by atoms with Crippen LogP contribution in [0.15, 0.2) is 72.8 Å². The van der Waals surface area contributed by atoms with Gasteiger partial charge in [0.15, 0.2) is 0 Å². The van der Waals surface area contributed by atoms with Gasteiger partial charge in [0.1, 0.15) is 5.75 Å². The molecule has 7 nitrogen and oxygen atoms in total. The number of nitrogens with zero attached hydrogens (tertiary/aromatic N) is 1. The lowest BCUT2D eigenvalue weighted by molar-refractivity contribution is -0.117. The quantitative estimate of drug-likeness (QED) is 0.517. The lowest BCUT2D eigenvalue weighted by Gasteiger charge is -2.16. The molecule has 1 atom stereocenters. The summed E-state index contributed by atoms with van der Waals surface area (Å²) in [6.45, 7) is 1.36. The van der Waals surface area contributed by atoms with Gasteiger partial charge in [-0.15, -0.1) is 0 Å². The van der Waals surface area contributed by atoms with Gasteiger partial charge < -0.3 is 20.5 Å². The zero-order valence-corrected chi connectivity index (χ0v) is 18.5. The molecule has 2 amide bonds. The molecule has 3 aromatic carbocycles. The van der Waals surface area contributed by atoms with E-state index in [1.165, 1.54) is 7.11 Å². The SMILES string of the molecule is COc1ccc(NC(=O)c2ccc(-c3ccccc3)cc2)cc1NC(=O)CN1CC[C@@H](O)C1. The number of β-amino-alcohol motifs (C(OH)–C–C–N with tert-alkyl or cyclic N) is 1. The molecule has 4 rings (SSSR count). The van der Waals surface area contributed by atoms with E-state index in [-0.39, 0.29) is 24.5 Å². The summed E-state index contributed by atoms with van der Waals surface area (Å²) in [5.74, 6) is 0.0421. The predicted octanol–water partition coefficient (Wildman–Crippen LogP) is 3.62. The highest BCUT2D eigenvalue weighted by atomic mass is 16.5. The summed E-state index contributed by atoms with van der Waals surface area (Å²) < 4.78 is 5.35. The fourth-order valence-electron chi connectivity index (χ4n) is 3.88. The highest BCUT2D eigenvalue weighted by Crippen LogP contribution is 2.28. The molecule has 1 saturated heterocycles. The second-order valence-corrected chi connectivity index (χ2v) is 8.04. The Kier molecular flexibility index (Phi) is 7.02. The third kappa shape index (κ3) is 5.77. The number of carbonyl (C=O) groups excluding carboxylic acids is 2. The van der Waals surface area contributed by atoms with E-state index in [1.54, 1.807) is 30.3 Å². The third-order valence-corrected chi connectivity index (χ3v) is 5.60. The minimum atomic E-state index is -0.382. The number of likely N-dealkylation sites (tertiary alicyclic amines) is 1. The number of benzene rings is 3. The molecule has 1 aliphatic rings. The van der Waals surface area contributed by atoms with Crippen molar-refractivity contribution in [3.8, 4) is 16.9 Å². The molecule has 0 radical (unpaired) electrons. The summed E-state index contributed by atoms with van der Waals surface area (Å²) in [6.07, 6.45) is 0.289. The number of methoxy groups -OCH3 is 1. The molecule has 1 aliphatic heterocycles. The van der Waals surface area contributed by atoms with Crippen molar-refractivity contribution in [2.24, 2.45) is 0 Å². The Balaban J connectivity index is 1.42. The summed E-state index contributed by atoms with van der Waals surface area (Å²) in [7, 11) is 1.52. The number of hydrogen-bond donors (Lipinski definition) is 3. The minimum Gasteiger partial charge on any atom is -0.495 e. The van der Waals surface area contributed by atoms with Gasteiger partial charge >= 0.3 is 0 Å². The van der Waals surface area contributed by atoms with E-state index < -0.39 is 0 Å². The van der Waals surface area contributed by atoms with E-state index >= 15 is 0 Å². The van der Waals surface area contributed by atoms with Crippen molar-refractivity contribution < 1.29 is 19.4 Å². The summed E-state index contributed by atoms with van der Waals surface area (Å²) >= 11 is 0. The van der Waals surface area contributed by atoms with Gasteiger partial charge in [0.25, 0.3) is 5.91 Å². The highest BCUT2D eigenvalue weighted by Gasteiger charge is 2.22. The molecule has 0 aromatic heterocycles. The average Bonchev–Trinajstić information content (AvgIpc) is 3.24. The Morgan fingerprint density at radius 2 is 1.73 bits per heavy atom. The van der Waals surface area contributed by atoms with Crippen LogP contribution >= 0.6 is 0 Å². The standard InChI is InChI=1S/C26H27N3O4/c1-33-24-12-11-21(15-23(24)28-25(31)17-29-14-13-22(30)16-29)27-26(32)20-9-7-19(8-10-20)18-5-3-2-4-6-18/h2-12,15,22,30H,13-14,16-17H2,1H3,(H,27,32)(H,28,31)/t22-/m1/s1. The van der Waals surface area contributed by atoms with E-state index in [2.05, 4.69) is 10.6 Å². The van der Waals surface area contributed by atoms with Gasteiger partial charge in [0.05, 0.1) is 25.4 Å². The number of amides is 2. The maximum Gasteiger partial charge on any atom is 0.255 e. The molecule has 0 aliphatic carbocycles. The summed E-state index contributed by atoms with van der Waals surface area (Å²) in [4.78, 5) is 27.1. The van der Waals surface area contributed by atoms with Crippen molar-refractivity contribution in [2.45, 2.75) is 12.5 Å². The minimum absolute atomic E-state index is 0.185. The van der Waals surface area contributed by atoms with Crippen molar-refractivity contribution in [2.75, 3.05) is 37.4 Å². The number of rotatable bonds is 7. The molecule has 1 fully saturated rings. The summed E-state index contributed by atoms with van der Waals surface area (Å²) in [5, 5.41) is 15.4. The van der Waals surface area contributed by atoms with Crippen LogP contribution in [-0.2, 0) is 4.79 Å². The first-order valence-corrected chi connectivity index (χ1v) is 10.9. The van der Waals surface area contributed by atoms with Gasteiger partial charge in [-0.2, -0.15) is 0 Å². The topological polar surface area (TPSA) is 90.9 Å². The fourth-order valence-corrected chi connectivity index (χ4v) is 3.88. The van der Waals surface area contributed by atoms with Gasteiger partial charge in [-0.3, -0.25) is 14.5 Å².